The third-order valence-electron chi connectivity index (χ3n) is 6.23. The van der Waals surface area contributed by atoms with Crippen molar-refractivity contribution in [3.8, 4) is 5.75 Å². The number of likely N-dealkylation sites (tertiary alicyclic amines) is 1. The van der Waals surface area contributed by atoms with E-state index in [1.165, 1.54) is 0 Å². The lowest BCUT2D eigenvalue weighted by Gasteiger charge is -2.34. The fraction of sp³-hybridized carbons (Fsp3) is 0.462. The van der Waals surface area contributed by atoms with E-state index in [2.05, 4.69) is 24.1 Å². The van der Waals surface area contributed by atoms with E-state index >= 15 is 0 Å². The summed E-state index contributed by atoms with van der Waals surface area (Å²) in [5, 5.41) is 3.08. The SMILES string of the molecule is COc1ccc(C(=O)N(CC(=O)NCC2CCN(C(C)C)CC2)c2ccccc2SC)cc1. The van der Waals surface area contributed by atoms with E-state index in [9.17, 15) is 9.59 Å². The highest BCUT2D eigenvalue weighted by Crippen LogP contribution is 2.29. The third-order valence-corrected chi connectivity index (χ3v) is 7.01. The van der Waals surface area contributed by atoms with Gasteiger partial charge in [-0.1, -0.05) is 12.1 Å². The molecule has 1 saturated heterocycles. The summed E-state index contributed by atoms with van der Waals surface area (Å²) in [5.41, 5.74) is 1.26. The zero-order valence-corrected chi connectivity index (χ0v) is 20.9. The largest absolute Gasteiger partial charge is 0.497 e. The van der Waals surface area contributed by atoms with Gasteiger partial charge in [-0.15, -0.1) is 11.8 Å². The monoisotopic (exact) mass is 469 g/mol. The number of carbonyl (C=O) groups is 2. The molecule has 178 valence electrons. The number of carbonyl (C=O) groups excluding carboxylic acids is 2. The summed E-state index contributed by atoms with van der Waals surface area (Å²) in [6.07, 6.45) is 4.14. The molecule has 33 heavy (non-hydrogen) atoms. The van der Waals surface area contributed by atoms with Gasteiger partial charge >= 0.3 is 0 Å². The Bertz CT molecular complexity index is 925. The maximum absolute atomic E-state index is 13.4. The first-order chi connectivity index (χ1) is 15.9. The van der Waals surface area contributed by atoms with Gasteiger partial charge in [-0.3, -0.25) is 14.5 Å². The predicted octanol–water partition coefficient (Wildman–Crippen LogP) is 4.30. The lowest BCUT2D eigenvalue weighted by Crippen LogP contribution is -2.44. The summed E-state index contributed by atoms with van der Waals surface area (Å²) in [6, 6.07) is 15.2. The van der Waals surface area contributed by atoms with Crippen LogP contribution in [0.1, 0.15) is 37.0 Å². The molecule has 2 aromatic carbocycles. The Morgan fingerprint density at radius 2 is 1.79 bits per heavy atom. The number of amides is 2. The molecule has 0 saturated carbocycles. The van der Waals surface area contributed by atoms with Gasteiger partial charge in [0.1, 0.15) is 12.3 Å². The van der Waals surface area contributed by atoms with Crippen molar-refractivity contribution in [3.63, 3.8) is 0 Å². The average Bonchev–Trinajstić information content (AvgIpc) is 2.86. The van der Waals surface area contributed by atoms with Crippen molar-refractivity contribution >= 4 is 29.3 Å². The van der Waals surface area contributed by atoms with Crippen LogP contribution in [-0.2, 0) is 4.79 Å². The van der Waals surface area contributed by atoms with Crippen LogP contribution in [0, 0.1) is 5.92 Å². The number of methoxy groups -OCH3 is 1. The second kappa shape index (κ2) is 12.1. The molecule has 1 aliphatic heterocycles. The van der Waals surface area contributed by atoms with Gasteiger partial charge in [0, 0.05) is 23.0 Å². The quantitative estimate of drug-likeness (QED) is 0.555. The number of benzene rings is 2. The molecular weight excluding hydrogens is 434 g/mol. The number of thioether (sulfide) groups is 1. The van der Waals surface area contributed by atoms with Gasteiger partial charge in [-0.25, -0.2) is 0 Å². The molecule has 3 rings (SSSR count). The van der Waals surface area contributed by atoms with Crippen LogP contribution < -0.4 is 15.0 Å². The van der Waals surface area contributed by atoms with Crippen LogP contribution in [0.25, 0.3) is 0 Å². The van der Waals surface area contributed by atoms with Crippen LogP contribution in [0.2, 0.25) is 0 Å². The molecule has 0 bridgehead atoms. The highest BCUT2D eigenvalue weighted by Gasteiger charge is 2.25. The van der Waals surface area contributed by atoms with Crippen LogP contribution in [0.5, 0.6) is 5.75 Å². The fourth-order valence-corrected chi connectivity index (χ4v) is 4.74. The number of piperidine rings is 1. The van der Waals surface area contributed by atoms with Crippen molar-refractivity contribution in [2.24, 2.45) is 5.92 Å². The van der Waals surface area contributed by atoms with Gasteiger partial charge in [0.25, 0.3) is 5.91 Å². The van der Waals surface area contributed by atoms with E-state index in [-0.39, 0.29) is 18.4 Å². The molecule has 1 heterocycles. The van der Waals surface area contributed by atoms with Crippen molar-refractivity contribution in [2.45, 2.75) is 37.6 Å². The lowest BCUT2D eigenvalue weighted by molar-refractivity contribution is -0.120. The van der Waals surface area contributed by atoms with Crippen LogP contribution >= 0.6 is 11.8 Å². The second-order valence-corrected chi connectivity index (χ2v) is 9.52. The Balaban J connectivity index is 1.70. The predicted molar refractivity (Wildman–Crippen MR) is 135 cm³/mol. The van der Waals surface area contributed by atoms with Gasteiger partial charge < -0.3 is 15.0 Å². The number of anilines is 1. The number of nitrogens with one attached hydrogen (secondary N) is 1. The maximum atomic E-state index is 13.4. The van der Waals surface area contributed by atoms with Crippen molar-refractivity contribution in [1.29, 1.82) is 0 Å². The minimum Gasteiger partial charge on any atom is -0.497 e. The second-order valence-electron chi connectivity index (χ2n) is 8.67. The van der Waals surface area contributed by atoms with Crippen LogP contribution in [0.15, 0.2) is 53.4 Å². The molecule has 0 atom stereocenters. The molecule has 1 aliphatic rings. The van der Waals surface area contributed by atoms with E-state index in [4.69, 9.17) is 4.74 Å². The van der Waals surface area contributed by atoms with Crippen molar-refractivity contribution in [1.82, 2.24) is 10.2 Å². The Morgan fingerprint density at radius 3 is 2.39 bits per heavy atom. The Morgan fingerprint density at radius 1 is 1.12 bits per heavy atom. The van der Waals surface area contributed by atoms with Crippen LogP contribution in [0.3, 0.4) is 0 Å². The van der Waals surface area contributed by atoms with Gasteiger partial charge in [0.2, 0.25) is 5.91 Å². The number of rotatable bonds is 9. The first kappa shape index (κ1) is 25.1. The minimum absolute atomic E-state index is 0.0206. The summed E-state index contributed by atoms with van der Waals surface area (Å²) < 4.78 is 5.21. The molecule has 6 nitrogen and oxygen atoms in total. The molecule has 0 radical (unpaired) electrons. The first-order valence-corrected chi connectivity index (χ1v) is 12.7. The molecule has 0 spiro atoms. The Hall–Kier alpha value is -2.51. The highest BCUT2D eigenvalue weighted by atomic mass is 32.2. The molecule has 2 amide bonds. The highest BCUT2D eigenvalue weighted by molar-refractivity contribution is 7.98. The van der Waals surface area contributed by atoms with Crippen LogP contribution in [-0.4, -0.2) is 62.3 Å². The van der Waals surface area contributed by atoms with E-state index in [0.29, 0.717) is 29.8 Å². The molecule has 0 aromatic heterocycles. The lowest BCUT2D eigenvalue weighted by atomic mass is 9.96. The van der Waals surface area contributed by atoms with Crippen molar-refractivity contribution in [2.75, 3.05) is 44.4 Å². The van der Waals surface area contributed by atoms with Gasteiger partial charge in [0.05, 0.1) is 12.8 Å². The number of ether oxygens (including phenoxy) is 1. The van der Waals surface area contributed by atoms with Gasteiger partial charge in [-0.05, 0) is 88.4 Å². The van der Waals surface area contributed by atoms with Crippen molar-refractivity contribution < 1.29 is 14.3 Å². The van der Waals surface area contributed by atoms with E-state index < -0.39 is 0 Å². The smallest absolute Gasteiger partial charge is 0.258 e. The van der Waals surface area contributed by atoms with E-state index in [0.717, 1.165) is 36.5 Å². The third kappa shape index (κ3) is 6.74. The molecule has 7 heteroatoms. The van der Waals surface area contributed by atoms with Crippen LogP contribution in [0.4, 0.5) is 5.69 Å². The summed E-state index contributed by atoms with van der Waals surface area (Å²) in [7, 11) is 1.59. The minimum atomic E-state index is -0.209. The molecule has 0 unspecified atom stereocenters. The Kier molecular flexibility index (Phi) is 9.21. The summed E-state index contributed by atoms with van der Waals surface area (Å²) in [4.78, 5) is 31.4. The molecule has 1 N–H and O–H groups in total. The van der Waals surface area contributed by atoms with Gasteiger partial charge in [0.15, 0.2) is 0 Å². The topological polar surface area (TPSA) is 61.9 Å². The molecular formula is C26H35N3O3S. The van der Waals surface area contributed by atoms with E-state index in [1.54, 1.807) is 48.0 Å². The Labute approximate surface area is 201 Å². The number of nitrogens with zero attached hydrogens (tertiary/aromatic N) is 2. The zero-order chi connectivity index (χ0) is 23.8. The summed E-state index contributed by atoms with van der Waals surface area (Å²) >= 11 is 1.56. The van der Waals surface area contributed by atoms with Gasteiger partial charge in [-0.2, -0.15) is 0 Å². The van der Waals surface area contributed by atoms with E-state index in [1.807, 2.05) is 30.5 Å². The molecule has 2 aromatic rings. The zero-order valence-electron chi connectivity index (χ0n) is 20.0. The van der Waals surface area contributed by atoms with Crippen molar-refractivity contribution in [3.05, 3.63) is 54.1 Å². The number of hydrogen-bond acceptors (Lipinski definition) is 5. The molecule has 1 fully saturated rings. The standard InChI is InChI=1S/C26H35N3O3S/c1-19(2)28-15-13-20(14-16-28)17-27-25(30)18-29(23-7-5-6-8-24(23)33-4)26(31)21-9-11-22(32-3)12-10-21/h5-12,19-20H,13-18H2,1-4H3,(H,27,30). The average molecular weight is 470 g/mol. The summed E-state index contributed by atoms with van der Waals surface area (Å²) in [6.45, 7) is 7.22. The number of para-hydroxylation sites is 1. The maximum Gasteiger partial charge on any atom is 0.258 e. The first-order valence-electron chi connectivity index (χ1n) is 11.5. The normalized spacial score (nSPS) is 14.8. The molecule has 0 aliphatic carbocycles. The summed E-state index contributed by atoms with van der Waals surface area (Å²) in [5.74, 6) is 0.815. The fourth-order valence-electron chi connectivity index (χ4n) is 4.14. The number of hydrogen-bond donors (Lipinski definition) is 1.